The van der Waals surface area contributed by atoms with Crippen LogP contribution in [0, 0.1) is 0 Å². The Hall–Kier alpha value is -5.23. The van der Waals surface area contributed by atoms with Gasteiger partial charge in [-0.15, -0.1) is 0 Å². The maximum atomic E-state index is 13.1. The second-order valence-electron chi connectivity index (χ2n) is 8.60. The molecule has 1 aromatic heterocycles. The van der Waals surface area contributed by atoms with Crippen molar-refractivity contribution in [3.63, 3.8) is 0 Å². The Bertz CT molecular complexity index is 1640. The number of pyridine rings is 1. The first kappa shape index (κ1) is 22.2. The maximum absolute atomic E-state index is 13.1. The summed E-state index contributed by atoms with van der Waals surface area (Å²) in [5.74, 6) is 1.19. The number of fused-ring (bicyclic) bond motifs is 2. The molecule has 1 aliphatic rings. The number of nitrogen functional groups attached to an aromatic ring is 1. The summed E-state index contributed by atoms with van der Waals surface area (Å²) < 4.78 is 6.14. The van der Waals surface area contributed by atoms with Crippen LogP contribution in [0.4, 0.5) is 17.1 Å². The third-order valence-electron chi connectivity index (χ3n) is 6.20. The Morgan fingerprint density at radius 2 is 1.43 bits per heavy atom. The van der Waals surface area contributed by atoms with E-state index in [9.17, 15) is 4.79 Å². The van der Waals surface area contributed by atoms with Crippen molar-refractivity contribution in [3.8, 4) is 22.6 Å². The smallest absolute Gasteiger partial charge is 0.255 e. The fourth-order valence-corrected chi connectivity index (χ4v) is 4.27. The van der Waals surface area contributed by atoms with Crippen LogP contribution in [0.1, 0.15) is 21.5 Å². The van der Waals surface area contributed by atoms with Gasteiger partial charge in [-0.1, -0.05) is 42.5 Å². The van der Waals surface area contributed by atoms with Crippen molar-refractivity contribution >= 4 is 28.7 Å². The third kappa shape index (κ3) is 4.44. The summed E-state index contributed by atoms with van der Waals surface area (Å²) in [4.78, 5) is 22.1. The molecule has 0 spiro atoms. The van der Waals surface area contributed by atoms with Crippen LogP contribution in [-0.4, -0.2) is 16.6 Å². The van der Waals surface area contributed by atoms with E-state index in [1.54, 1.807) is 30.6 Å². The highest BCUT2D eigenvalue weighted by atomic mass is 16.5. The van der Waals surface area contributed by atoms with Gasteiger partial charge in [-0.25, -0.2) is 4.99 Å². The highest BCUT2D eigenvalue weighted by Crippen LogP contribution is 2.38. The number of aliphatic imine (C=N–C) groups is 1. The van der Waals surface area contributed by atoms with E-state index in [0.29, 0.717) is 22.7 Å². The van der Waals surface area contributed by atoms with Gasteiger partial charge < -0.3 is 15.8 Å². The van der Waals surface area contributed by atoms with Crippen LogP contribution in [0.15, 0.2) is 121 Å². The van der Waals surface area contributed by atoms with Crippen LogP contribution in [0.25, 0.3) is 11.1 Å². The van der Waals surface area contributed by atoms with E-state index in [0.717, 1.165) is 39.4 Å². The quantitative estimate of drug-likeness (QED) is 0.269. The number of carbonyl (C=O) groups is 1. The average molecular weight is 483 g/mol. The minimum Gasteiger partial charge on any atom is -0.454 e. The van der Waals surface area contributed by atoms with Crippen LogP contribution >= 0.6 is 0 Å². The normalized spacial score (nSPS) is 11.8. The fourth-order valence-electron chi connectivity index (χ4n) is 4.27. The lowest BCUT2D eigenvalue weighted by Gasteiger charge is -2.12. The molecule has 6 rings (SSSR count). The van der Waals surface area contributed by atoms with E-state index >= 15 is 0 Å². The number of amides is 1. The second-order valence-corrected chi connectivity index (χ2v) is 8.60. The molecule has 0 aliphatic carbocycles. The highest BCUT2D eigenvalue weighted by Gasteiger charge is 2.19. The van der Waals surface area contributed by atoms with Crippen molar-refractivity contribution in [2.24, 2.45) is 4.99 Å². The number of hydrogen-bond donors (Lipinski definition) is 2. The van der Waals surface area contributed by atoms with Crippen LogP contribution in [0.5, 0.6) is 11.5 Å². The van der Waals surface area contributed by atoms with Crippen molar-refractivity contribution < 1.29 is 9.53 Å². The number of rotatable bonds is 4. The van der Waals surface area contributed by atoms with Gasteiger partial charge in [-0.3, -0.25) is 9.78 Å². The molecule has 3 N–H and O–H groups in total. The first-order valence-corrected chi connectivity index (χ1v) is 11.8. The number of hydrogen-bond acceptors (Lipinski definition) is 5. The molecule has 0 saturated carbocycles. The topological polar surface area (TPSA) is 89.6 Å². The van der Waals surface area contributed by atoms with Crippen molar-refractivity contribution in [3.05, 3.63) is 132 Å². The summed E-state index contributed by atoms with van der Waals surface area (Å²) in [6, 6.07) is 32.3. The Kier molecular flexibility index (Phi) is 5.67. The summed E-state index contributed by atoms with van der Waals surface area (Å²) in [6.45, 7) is 0. The maximum Gasteiger partial charge on any atom is 0.255 e. The molecule has 1 amide bonds. The van der Waals surface area contributed by atoms with E-state index in [1.165, 1.54) is 0 Å². The zero-order valence-electron chi connectivity index (χ0n) is 19.8. The van der Waals surface area contributed by atoms with E-state index in [2.05, 4.69) is 10.3 Å². The van der Waals surface area contributed by atoms with E-state index < -0.39 is 0 Å². The molecule has 5 aromatic rings. The largest absolute Gasteiger partial charge is 0.454 e. The molecule has 6 heteroatoms. The van der Waals surface area contributed by atoms with Crippen molar-refractivity contribution in [1.82, 2.24) is 4.98 Å². The zero-order valence-corrected chi connectivity index (χ0v) is 19.8. The molecule has 0 fully saturated rings. The number of nitrogens with one attached hydrogen (secondary N) is 1. The lowest BCUT2D eigenvalue weighted by atomic mass is 10.00. The van der Waals surface area contributed by atoms with Gasteiger partial charge in [0.15, 0.2) is 5.75 Å². The molecule has 1 aliphatic heterocycles. The molecule has 4 aromatic carbocycles. The summed E-state index contributed by atoms with van der Waals surface area (Å²) in [5.41, 5.74) is 12.9. The van der Waals surface area contributed by atoms with Gasteiger partial charge in [0.2, 0.25) is 0 Å². The van der Waals surface area contributed by atoms with E-state index in [4.69, 9.17) is 15.5 Å². The number of nitrogens with zero attached hydrogens (tertiary/aromatic N) is 2. The highest BCUT2D eigenvalue weighted by molar-refractivity contribution is 6.16. The zero-order chi connectivity index (χ0) is 25.2. The second kappa shape index (κ2) is 9.43. The van der Waals surface area contributed by atoms with Gasteiger partial charge in [0.1, 0.15) is 11.4 Å². The van der Waals surface area contributed by atoms with Gasteiger partial charge in [-0.05, 0) is 71.8 Å². The van der Waals surface area contributed by atoms with Crippen LogP contribution in [-0.2, 0) is 0 Å². The first-order chi connectivity index (χ1) is 18.2. The molecule has 0 saturated heterocycles. The lowest BCUT2D eigenvalue weighted by Crippen LogP contribution is -2.13. The van der Waals surface area contributed by atoms with Gasteiger partial charge >= 0.3 is 0 Å². The van der Waals surface area contributed by atoms with Crippen LogP contribution < -0.4 is 15.8 Å². The Morgan fingerprint density at radius 1 is 0.730 bits per heavy atom. The van der Waals surface area contributed by atoms with E-state index in [1.807, 2.05) is 84.9 Å². The third-order valence-corrected chi connectivity index (χ3v) is 6.20. The predicted molar refractivity (Wildman–Crippen MR) is 147 cm³/mol. The molecule has 6 nitrogen and oxygen atoms in total. The Morgan fingerprint density at radius 3 is 2.24 bits per heavy atom. The molecule has 0 unspecified atom stereocenters. The minimum atomic E-state index is -0.248. The van der Waals surface area contributed by atoms with Gasteiger partial charge in [-0.2, -0.15) is 0 Å². The Balaban J connectivity index is 1.29. The summed E-state index contributed by atoms with van der Waals surface area (Å²) >= 11 is 0. The average Bonchev–Trinajstić information content (AvgIpc) is 3.11. The van der Waals surface area contributed by atoms with Gasteiger partial charge in [0.05, 0.1) is 17.1 Å². The monoisotopic (exact) mass is 482 g/mol. The molecule has 2 heterocycles. The molecular formula is C31H22N4O2. The van der Waals surface area contributed by atoms with Gasteiger partial charge in [0, 0.05) is 29.1 Å². The number of ether oxygens (including phenoxy) is 1. The first-order valence-electron chi connectivity index (χ1n) is 11.8. The summed E-state index contributed by atoms with van der Waals surface area (Å²) in [5, 5.41) is 2.94. The fraction of sp³-hybridized carbons (Fsp3) is 0. The van der Waals surface area contributed by atoms with Crippen molar-refractivity contribution in [2.45, 2.75) is 0 Å². The van der Waals surface area contributed by atoms with Crippen LogP contribution in [0.3, 0.4) is 0 Å². The number of anilines is 2. The molecule has 0 bridgehead atoms. The molecular weight excluding hydrogens is 460 g/mol. The predicted octanol–water partition coefficient (Wildman–Crippen LogP) is 6.86. The number of aromatic nitrogens is 1. The number of para-hydroxylation sites is 3. The van der Waals surface area contributed by atoms with Crippen molar-refractivity contribution in [1.29, 1.82) is 0 Å². The Labute approximate surface area is 214 Å². The molecule has 0 atom stereocenters. The number of carbonyl (C=O) groups excluding carboxylic acids is 1. The minimum absolute atomic E-state index is 0.248. The lowest BCUT2D eigenvalue weighted by molar-refractivity contribution is 0.102. The molecule has 178 valence electrons. The van der Waals surface area contributed by atoms with Gasteiger partial charge in [0.25, 0.3) is 5.91 Å². The molecule has 37 heavy (non-hydrogen) atoms. The van der Waals surface area contributed by atoms with Crippen molar-refractivity contribution in [2.75, 3.05) is 11.1 Å². The standard InChI is InChI=1S/C31H22N4O2/c32-25-14-13-23(20-15-17-33-18-16-20)19-27(25)35-31(36)22-11-9-21(10-12-22)30-24-5-1-3-7-28(24)37-29-8-4-2-6-26(29)34-30/h1-19H,32H2,(H,35,36). The SMILES string of the molecule is Nc1ccc(-c2ccncc2)cc1NC(=O)c1ccc(C2=Nc3ccccc3Oc3ccccc32)cc1. The summed E-state index contributed by atoms with van der Waals surface area (Å²) in [6.07, 6.45) is 3.46. The van der Waals surface area contributed by atoms with Crippen LogP contribution in [0.2, 0.25) is 0 Å². The number of benzene rings is 4. The summed E-state index contributed by atoms with van der Waals surface area (Å²) in [7, 11) is 0. The number of nitrogens with two attached hydrogens (primary N) is 1. The van der Waals surface area contributed by atoms with E-state index in [-0.39, 0.29) is 5.91 Å². The molecule has 0 radical (unpaired) electrons.